The van der Waals surface area contributed by atoms with Crippen molar-refractivity contribution in [3.05, 3.63) is 12.2 Å². The van der Waals surface area contributed by atoms with E-state index in [1.165, 1.54) is 25.7 Å². The zero-order valence-corrected chi connectivity index (χ0v) is 10.3. The molecule has 0 amide bonds. The van der Waals surface area contributed by atoms with Crippen LogP contribution < -0.4 is 0 Å². The smallest absolute Gasteiger partial charge is 0.0319 e. The van der Waals surface area contributed by atoms with Crippen LogP contribution in [0.15, 0.2) is 12.2 Å². The Hall–Kier alpha value is -0.260. The van der Waals surface area contributed by atoms with Crippen LogP contribution >= 0.6 is 0 Å². The van der Waals surface area contributed by atoms with E-state index in [-0.39, 0.29) is 0 Å². The van der Waals surface area contributed by atoms with Gasteiger partial charge in [0.2, 0.25) is 0 Å². The summed E-state index contributed by atoms with van der Waals surface area (Å²) in [5.41, 5.74) is 0. The van der Waals surface area contributed by atoms with E-state index in [4.69, 9.17) is 0 Å². The van der Waals surface area contributed by atoms with E-state index in [1.807, 2.05) is 0 Å². The van der Waals surface area contributed by atoms with Crippen LogP contribution in [-0.4, -0.2) is 0 Å². The van der Waals surface area contributed by atoms with Crippen molar-refractivity contribution in [2.24, 2.45) is 23.7 Å². The van der Waals surface area contributed by atoms with Crippen LogP contribution in [0.5, 0.6) is 0 Å². The van der Waals surface area contributed by atoms with Gasteiger partial charge in [-0.3, -0.25) is 0 Å². The molecule has 0 heterocycles. The molecule has 0 aromatic heterocycles. The molecule has 1 rings (SSSR count). The highest BCUT2D eigenvalue weighted by Gasteiger charge is 2.36. The van der Waals surface area contributed by atoms with Gasteiger partial charge < -0.3 is 0 Å². The summed E-state index contributed by atoms with van der Waals surface area (Å²) >= 11 is 0. The maximum absolute atomic E-state index is 2.40. The average Bonchev–Trinajstić information content (AvgIpc) is 2.84. The molecule has 0 aliphatic heterocycles. The number of hydrogen-bond acceptors (Lipinski definition) is 0. The first-order chi connectivity index (χ1) is 6.65. The zero-order chi connectivity index (χ0) is 10.6. The molecule has 0 N–H and O–H groups in total. The van der Waals surface area contributed by atoms with Gasteiger partial charge in [-0.25, -0.2) is 0 Å². The van der Waals surface area contributed by atoms with Crippen LogP contribution in [0.25, 0.3) is 0 Å². The topological polar surface area (TPSA) is 0 Å². The fraction of sp³-hybridized carbons (Fsp3) is 0.857. The molecule has 0 aromatic rings. The second-order valence-electron chi connectivity index (χ2n) is 5.33. The Bertz CT molecular complexity index is 178. The number of allylic oxidation sites excluding steroid dienone is 2. The van der Waals surface area contributed by atoms with Crippen LogP contribution in [-0.2, 0) is 0 Å². The van der Waals surface area contributed by atoms with Gasteiger partial charge in [-0.1, -0.05) is 39.8 Å². The number of rotatable bonds is 6. The third kappa shape index (κ3) is 3.86. The Morgan fingerprint density at radius 2 is 1.86 bits per heavy atom. The highest BCUT2D eigenvalue weighted by atomic mass is 14.4. The minimum Gasteiger partial charge on any atom is -0.0888 e. The number of hydrogen-bond donors (Lipinski definition) is 0. The van der Waals surface area contributed by atoms with Gasteiger partial charge in [0.25, 0.3) is 0 Å². The molecule has 0 spiro atoms. The fourth-order valence-corrected chi connectivity index (χ4v) is 2.08. The maximum Gasteiger partial charge on any atom is -0.0319 e. The quantitative estimate of drug-likeness (QED) is 0.539. The van der Waals surface area contributed by atoms with E-state index in [9.17, 15) is 0 Å². The van der Waals surface area contributed by atoms with Gasteiger partial charge in [0.1, 0.15) is 0 Å². The SMILES string of the molecule is CCC=CCC1CC1CC(C)C(C)C. The Kier molecular flexibility index (Phi) is 4.71. The van der Waals surface area contributed by atoms with Crippen molar-refractivity contribution in [1.29, 1.82) is 0 Å². The molecular formula is C14H26. The molecule has 1 fully saturated rings. The molecule has 0 radical (unpaired) electrons. The molecule has 0 heteroatoms. The lowest BCUT2D eigenvalue weighted by Crippen LogP contribution is -2.04. The first-order valence-corrected chi connectivity index (χ1v) is 6.30. The van der Waals surface area contributed by atoms with Crippen molar-refractivity contribution in [3.8, 4) is 0 Å². The lowest BCUT2D eigenvalue weighted by atomic mass is 9.92. The van der Waals surface area contributed by atoms with E-state index in [0.29, 0.717) is 0 Å². The van der Waals surface area contributed by atoms with Crippen LogP contribution in [0.4, 0.5) is 0 Å². The summed E-state index contributed by atoms with van der Waals surface area (Å²) in [7, 11) is 0. The molecule has 0 bridgehead atoms. The van der Waals surface area contributed by atoms with Gasteiger partial charge >= 0.3 is 0 Å². The molecule has 82 valence electrons. The van der Waals surface area contributed by atoms with Gasteiger partial charge in [-0.05, 0) is 49.4 Å². The van der Waals surface area contributed by atoms with Crippen molar-refractivity contribution in [1.82, 2.24) is 0 Å². The standard InChI is InChI=1S/C14H26/c1-5-6-7-8-13-10-14(13)9-12(4)11(2)3/h6-7,11-14H,5,8-10H2,1-4H3. The maximum atomic E-state index is 2.40. The molecular weight excluding hydrogens is 168 g/mol. The van der Waals surface area contributed by atoms with Crippen molar-refractivity contribution >= 4 is 0 Å². The van der Waals surface area contributed by atoms with E-state index in [0.717, 1.165) is 23.7 Å². The highest BCUT2D eigenvalue weighted by molar-refractivity contribution is 4.94. The molecule has 0 nitrogen and oxygen atoms in total. The molecule has 0 saturated heterocycles. The fourth-order valence-electron chi connectivity index (χ4n) is 2.08. The first-order valence-electron chi connectivity index (χ1n) is 6.30. The van der Waals surface area contributed by atoms with Gasteiger partial charge in [0.15, 0.2) is 0 Å². The molecule has 1 saturated carbocycles. The zero-order valence-electron chi connectivity index (χ0n) is 10.3. The third-order valence-corrected chi connectivity index (χ3v) is 3.72. The van der Waals surface area contributed by atoms with Crippen LogP contribution in [0, 0.1) is 23.7 Å². The summed E-state index contributed by atoms with van der Waals surface area (Å²) in [6.45, 7) is 9.31. The summed E-state index contributed by atoms with van der Waals surface area (Å²) in [4.78, 5) is 0. The lowest BCUT2D eigenvalue weighted by Gasteiger charge is -2.14. The summed E-state index contributed by atoms with van der Waals surface area (Å²) in [5, 5.41) is 0. The molecule has 14 heavy (non-hydrogen) atoms. The molecule has 1 aliphatic rings. The molecule has 3 unspecified atom stereocenters. The normalized spacial score (nSPS) is 28.6. The largest absolute Gasteiger partial charge is 0.0888 e. The minimum atomic E-state index is 0.863. The average molecular weight is 194 g/mol. The van der Waals surface area contributed by atoms with Crippen LogP contribution in [0.1, 0.15) is 53.4 Å². The van der Waals surface area contributed by atoms with Crippen molar-refractivity contribution in [2.45, 2.75) is 53.4 Å². The van der Waals surface area contributed by atoms with E-state index in [2.05, 4.69) is 39.8 Å². The van der Waals surface area contributed by atoms with Crippen molar-refractivity contribution in [2.75, 3.05) is 0 Å². The monoisotopic (exact) mass is 194 g/mol. The van der Waals surface area contributed by atoms with E-state index < -0.39 is 0 Å². The van der Waals surface area contributed by atoms with E-state index in [1.54, 1.807) is 0 Å². The summed E-state index contributed by atoms with van der Waals surface area (Å²) in [6.07, 6.45) is 10.2. The summed E-state index contributed by atoms with van der Waals surface area (Å²) in [5.74, 6) is 3.86. The predicted octanol–water partition coefficient (Wildman–Crippen LogP) is 4.66. The Labute approximate surface area is 89.8 Å². The van der Waals surface area contributed by atoms with E-state index >= 15 is 0 Å². The summed E-state index contributed by atoms with van der Waals surface area (Å²) < 4.78 is 0. The van der Waals surface area contributed by atoms with Crippen molar-refractivity contribution in [3.63, 3.8) is 0 Å². The van der Waals surface area contributed by atoms with Crippen molar-refractivity contribution < 1.29 is 0 Å². The second kappa shape index (κ2) is 5.58. The molecule has 0 aromatic carbocycles. The predicted molar refractivity (Wildman–Crippen MR) is 64.3 cm³/mol. The van der Waals surface area contributed by atoms with Gasteiger partial charge in [-0.2, -0.15) is 0 Å². The van der Waals surface area contributed by atoms with Gasteiger partial charge in [0, 0.05) is 0 Å². The van der Waals surface area contributed by atoms with Gasteiger partial charge in [0.05, 0.1) is 0 Å². The lowest BCUT2D eigenvalue weighted by molar-refractivity contribution is 0.365. The van der Waals surface area contributed by atoms with Crippen LogP contribution in [0.2, 0.25) is 0 Å². The second-order valence-corrected chi connectivity index (χ2v) is 5.33. The Morgan fingerprint density at radius 3 is 2.43 bits per heavy atom. The Morgan fingerprint density at radius 1 is 1.14 bits per heavy atom. The van der Waals surface area contributed by atoms with Crippen LogP contribution in [0.3, 0.4) is 0 Å². The first kappa shape index (κ1) is 11.8. The minimum absolute atomic E-state index is 0.863. The molecule has 1 aliphatic carbocycles. The third-order valence-electron chi connectivity index (χ3n) is 3.72. The highest BCUT2D eigenvalue weighted by Crippen LogP contribution is 2.46. The summed E-state index contributed by atoms with van der Waals surface area (Å²) in [6, 6.07) is 0. The Balaban J connectivity index is 2.11. The molecule has 3 atom stereocenters. The van der Waals surface area contributed by atoms with Gasteiger partial charge in [-0.15, -0.1) is 0 Å².